The largest absolute Gasteiger partial charge is 0.491 e. The van der Waals surface area contributed by atoms with Gasteiger partial charge in [0.1, 0.15) is 24.2 Å². The van der Waals surface area contributed by atoms with Crippen LogP contribution in [-0.2, 0) is 6.54 Å². The zero-order valence-corrected chi connectivity index (χ0v) is 10.3. The molecule has 0 aliphatic carbocycles. The molecule has 0 aliphatic rings. The first-order valence-corrected chi connectivity index (χ1v) is 5.88. The van der Waals surface area contributed by atoms with Crippen molar-refractivity contribution in [2.24, 2.45) is 0 Å². The van der Waals surface area contributed by atoms with E-state index in [1.807, 2.05) is 30.3 Å². The molecule has 5 nitrogen and oxygen atoms in total. The topological polar surface area (TPSA) is 78.4 Å². The molecule has 0 saturated heterocycles. The Morgan fingerprint density at radius 2 is 2.00 bits per heavy atom. The molecule has 1 heterocycles. The van der Waals surface area contributed by atoms with Gasteiger partial charge in [0.25, 0.3) is 0 Å². The Balaban J connectivity index is 1.87. The molecule has 0 fully saturated rings. The van der Waals surface area contributed by atoms with Crippen LogP contribution in [0, 0.1) is 11.3 Å². The Labute approximate surface area is 111 Å². The van der Waals surface area contributed by atoms with Gasteiger partial charge in [-0.25, -0.2) is 0 Å². The van der Waals surface area contributed by atoms with Crippen molar-refractivity contribution in [1.29, 1.82) is 5.26 Å². The summed E-state index contributed by atoms with van der Waals surface area (Å²) in [5, 5.41) is 20.5. The number of nitrogens with one attached hydrogen (secondary N) is 1. The molecule has 19 heavy (non-hydrogen) atoms. The average molecular weight is 258 g/mol. The normalized spacial score (nSPS) is 9.89. The summed E-state index contributed by atoms with van der Waals surface area (Å²) >= 11 is 0. The zero-order chi connectivity index (χ0) is 13.5. The third-order valence-corrected chi connectivity index (χ3v) is 2.45. The molecule has 2 aromatic rings. The average Bonchev–Trinajstić information content (AvgIpc) is 2.92. The van der Waals surface area contributed by atoms with Crippen LogP contribution in [0.5, 0.6) is 5.75 Å². The van der Waals surface area contributed by atoms with Crippen LogP contribution >= 0.6 is 0 Å². The fourth-order valence-corrected chi connectivity index (χ4v) is 1.55. The molecule has 2 N–H and O–H groups in total. The van der Waals surface area contributed by atoms with E-state index in [1.165, 1.54) is 0 Å². The fraction of sp³-hybridized carbons (Fsp3) is 0.214. The SMILES string of the molecule is N#Cc1ccc(CNc2ccc(OCCO)cc2)o1. The van der Waals surface area contributed by atoms with E-state index in [2.05, 4.69) is 5.32 Å². The van der Waals surface area contributed by atoms with Gasteiger partial charge in [0.05, 0.1) is 13.2 Å². The van der Waals surface area contributed by atoms with Gasteiger partial charge in [-0.3, -0.25) is 0 Å². The molecule has 1 aromatic carbocycles. The molecule has 1 aromatic heterocycles. The fourth-order valence-electron chi connectivity index (χ4n) is 1.55. The van der Waals surface area contributed by atoms with Crippen molar-refractivity contribution in [1.82, 2.24) is 0 Å². The Hall–Kier alpha value is -2.45. The lowest BCUT2D eigenvalue weighted by Crippen LogP contribution is -2.02. The van der Waals surface area contributed by atoms with E-state index in [1.54, 1.807) is 12.1 Å². The van der Waals surface area contributed by atoms with E-state index in [9.17, 15) is 0 Å². The number of nitrogens with zero attached hydrogens (tertiary/aromatic N) is 1. The second-order valence-corrected chi connectivity index (χ2v) is 3.83. The van der Waals surface area contributed by atoms with E-state index in [0.717, 1.165) is 5.69 Å². The molecule has 0 bridgehead atoms. The molecule has 0 amide bonds. The van der Waals surface area contributed by atoms with Crippen LogP contribution < -0.4 is 10.1 Å². The molecule has 0 aliphatic heterocycles. The Morgan fingerprint density at radius 3 is 2.63 bits per heavy atom. The first kappa shape index (κ1) is 13.0. The molecule has 5 heteroatoms. The predicted octanol–water partition coefficient (Wildman–Crippen LogP) is 2.13. The Morgan fingerprint density at radius 1 is 1.21 bits per heavy atom. The number of benzene rings is 1. The summed E-state index contributed by atoms with van der Waals surface area (Å²) in [6.07, 6.45) is 0. The van der Waals surface area contributed by atoms with Gasteiger partial charge in [-0.2, -0.15) is 5.26 Å². The van der Waals surface area contributed by atoms with Gasteiger partial charge in [0, 0.05) is 5.69 Å². The predicted molar refractivity (Wildman–Crippen MR) is 69.8 cm³/mol. The van der Waals surface area contributed by atoms with Crippen LogP contribution in [0.15, 0.2) is 40.8 Å². The first-order chi connectivity index (χ1) is 9.31. The molecule has 0 spiro atoms. The van der Waals surface area contributed by atoms with Crippen molar-refractivity contribution in [3.05, 3.63) is 47.9 Å². The van der Waals surface area contributed by atoms with Gasteiger partial charge in [-0.15, -0.1) is 0 Å². The monoisotopic (exact) mass is 258 g/mol. The standard InChI is InChI=1S/C14H14N2O3/c15-9-13-5-6-14(19-13)10-16-11-1-3-12(4-2-11)18-8-7-17/h1-6,16-17H,7-8,10H2. The molecule has 98 valence electrons. The lowest BCUT2D eigenvalue weighted by atomic mass is 10.3. The second-order valence-electron chi connectivity index (χ2n) is 3.83. The zero-order valence-electron chi connectivity index (χ0n) is 10.3. The Kier molecular flexibility index (Phi) is 4.43. The molecular formula is C14H14N2O3. The number of aliphatic hydroxyl groups excluding tert-OH is 1. The number of ether oxygens (including phenoxy) is 1. The van der Waals surface area contributed by atoms with Crippen molar-refractivity contribution in [2.45, 2.75) is 6.54 Å². The number of hydrogen-bond donors (Lipinski definition) is 2. The number of rotatable bonds is 6. The summed E-state index contributed by atoms with van der Waals surface area (Å²) in [6.45, 7) is 0.800. The molecular weight excluding hydrogens is 244 g/mol. The van der Waals surface area contributed by atoms with E-state index >= 15 is 0 Å². The number of furan rings is 1. The highest BCUT2D eigenvalue weighted by atomic mass is 16.5. The molecule has 0 atom stereocenters. The minimum absolute atomic E-state index is 0.000277. The van der Waals surface area contributed by atoms with Crippen LogP contribution in [-0.4, -0.2) is 18.3 Å². The van der Waals surface area contributed by atoms with Gasteiger partial charge in [-0.1, -0.05) is 0 Å². The van der Waals surface area contributed by atoms with E-state index < -0.39 is 0 Å². The van der Waals surface area contributed by atoms with Crippen molar-refractivity contribution in [3.63, 3.8) is 0 Å². The highest BCUT2D eigenvalue weighted by Crippen LogP contribution is 2.16. The lowest BCUT2D eigenvalue weighted by Gasteiger charge is -2.07. The highest BCUT2D eigenvalue weighted by Gasteiger charge is 2.01. The van der Waals surface area contributed by atoms with Crippen LogP contribution in [0.3, 0.4) is 0 Å². The number of aliphatic hydroxyl groups is 1. The van der Waals surface area contributed by atoms with Gasteiger partial charge >= 0.3 is 0 Å². The van der Waals surface area contributed by atoms with Crippen LogP contribution in [0.1, 0.15) is 11.5 Å². The number of anilines is 1. The first-order valence-electron chi connectivity index (χ1n) is 5.88. The Bertz CT molecular complexity index is 555. The second kappa shape index (κ2) is 6.47. The van der Waals surface area contributed by atoms with Gasteiger partial charge in [0.15, 0.2) is 0 Å². The molecule has 0 radical (unpaired) electrons. The van der Waals surface area contributed by atoms with Crippen LogP contribution in [0.2, 0.25) is 0 Å². The minimum atomic E-state index is -0.000277. The summed E-state index contributed by atoms with van der Waals surface area (Å²) in [5.41, 5.74) is 0.922. The summed E-state index contributed by atoms with van der Waals surface area (Å²) in [6, 6.07) is 12.7. The highest BCUT2D eigenvalue weighted by molar-refractivity contribution is 5.46. The van der Waals surface area contributed by atoms with Crippen molar-refractivity contribution in [2.75, 3.05) is 18.5 Å². The van der Waals surface area contributed by atoms with E-state index in [0.29, 0.717) is 23.8 Å². The van der Waals surface area contributed by atoms with Crippen molar-refractivity contribution in [3.8, 4) is 11.8 Å². The van der Waals surface area contributed by atoms with Crippen LogP contribution in [0.25, 0.3) is 0 Å². The van der Waals surface area contributed by atoms with Gasteiger partial charge in [0.2, 0.25) is 5.76 Å². The van der Waals surface area contributed by atoms with Crippen molar-refractivity contribution < 1.29 is 14.3 Å². The summed E-state index contributed by atoms with van der Waals surface area (Å²) < 4.78 is 10.5. The maximum Gasteiger partial charge on any atom is 0.203 e. The summed E-state index contributed by atoms with van der Waals surface area (Å²) in [5.74, 6) is 1.73. The smallest absolute Gasteiger partial charge is 0.203 e. The van der Waals surface area contributed by atoms with Gasteiger partial charge < -0.3 is 19.6 Å². The number of nitriles is 1. The maximum atomic E-state index is 8.64. The van der Waals surface area contributed by atoms with E-state index in [-0.39, 0.29) is 13.2 Å². The molecule has 0 unspecified atom stereocenters. The maximum absolute atomic E-state index is 8.64. The molecule has 0 saturated carbocycles. The third-order valence-electron chi connectivity index (χ3n) is 2.45. The minimum Gasteiger partial charge on any atom is -0.491 e. The van der Waals surface area contributed by atoms with Crippen molar-refractivity contribution >= 4 is 5.69 Å². The summed E-state index contributed by atoms with van der Waals surface area (Å²) in [7, 11) is 0. The summed E-state index contributed by atoms with van der Waals surface area (Å²) in [4.78, 5) is 0. The molecule has 2 rings (SSSR count). The van der Waals surface area contributed by atoms with Crippen LogP contribution in [0.4, 0.5) is 5.69 Å². The quantitative estimate of drug-likeness (QED) is 0.829. The van der Waals surface area contributed by atoms with Gasteiger partial charge in [-0.05, 0) is 36.4 Å². The van der Waals surface area contributed by atoms with E-state index in [4.69, 9.17) is 19.5 Å². The number of hydrogen-bond acceptors (Lipinski definition) is 5. The third kappa shape index (κ3) is 3.76. The lowest BCUT2D eigenvalue weighted by molar-refractivity contribution is 0.201.